The molecule has 0 spiro atoms. The van der Waals surface area contributed by atoms with Gasteiger partial charge < -0.3 is 9.47 Å². The molecule has 0 bridgehead atoms. The summed E-state index contributed by atoms with van der Waals surface area (Å²) in [6.07, 6.45) is 1.67. The molecule has 0 N–H and O–H groups in total. The maximum atomic E-state index is 12.2. The molecule has 0 radical (unpaired) electrons. The first-order chi connectivity index (χ1) is 12.0. The van der Waals surface area contributed by atoms with Gasteiger partial charge in [-0.1, -0.05) is 36.9 Å². The van der Waals surface area contributed by atoms with Gasteiger partial charge in [-0.25, -0.2) is 9.79 Å². The van der Waals surface area contributed by atoms with Gasteiger partial charge in [0.05, 0.1) is 5.56 Å². The van der Waals surface area contributed by atoms with Crippen molar-refractivity contribution >= 4 is 33.9 Å². The smallest absolute Gasteiger partial charge is 0.363 e. The summed E-state index contributed by atoms with van der Waals surface area (Å²) < 4.78 is 11.8. The van der Waals surface area contributed by atoms with Crippen LogP contribution in [0.15, 0.2) is 75.8 Å². The van der Waals surface area contributed by atoms with Crippen molar-refractivity contribution in [1.82, 2.24) is 0 Å². The number of hydrogen-bond donors (Lipinski definition) is 0. The van der Waals surface area contributed by atoms with E-state index in [1.807, 2.05) is 55.5 Å². The van der Waals surface area contributed by atoms with Gasteiger partial charge in [0.15, 0.2) is 5.70 Å². The Balaban J connectivity index is 1.93. The summed E-state index contributed by atoms with van der Waals surface area (Å²) in [4.78, 5) is 16.5. The number of carbonyl (C=O) groups is 1. The maximum Gasteiger partial charge on any atom is 0.363 e. The lowest BCUT2D eigenvalue weighted by molar-refractivity contribution is -0.129. The predicted molar refractivity (Wildman–Crippen MR) is 101 cm³/mol. The predicted octanol–water partition coefficient (Wildman–Crippen LogP) is 4.75. The van der Waals surface area contributed by atoms with E-state index in [1.54, 1.807) is 6.08 Å². The zero-order valence-electron chi connectivity index (χ0n) is 13.7. The summed E-state index contributed by atoms with van der Waals surface area (Å²) in [6, 6.07) is 14.9. The molecule has 2 aromatic carbocycles. The van der Waals surface area contributed by atoms with E-state index in [-0.39, 0.29) is 11.6 Å². The number of cyclic esters (lactones) is 1. The van der Waals surface area contributed by atoms with Crippen LogP contribution in [0.1, 0.15) is 18.1 Å². The Bertz CT molecular complexity index is 899. The topological polar surface area (TPSA) is 47.9 Å². The van der Waals surface area contributed by atoms with Gasteiger partial charge in [0, 0.05) is 10.0 Å². The van der Waals surface area contributed by atoms with E-state index >= 15 is 0 Å². The normalized spacial score (nSPS) is 15.0. The lowest BCUT2D eigenvalue weighted by atomic mass is 10.1. The Morgan fingerprint density at radius 3 is 2.72 bits per heavy atom. The Morgan fingerprint density at radius 2 is 1.96 bits per heavy atom. The van der Waals surface area contributed by atoms with Crippen molar-refractivity contribution in [3.63, 3.8) is 0 Å². The fraction of sp³-hybridized carbons (Fsp3) is 0.100. The third kappa shape index (κ3) is 4.06. The van der Waals surface area contributed by atoms with E-state index < -0.39 is 5.97 Å². The Labute approximate surface area is 154 Å². The molecule has 0 fully saturated rings. The number of halogens is 1. The van der Waals surface area contributed by atoms with Gasteiger partial charge in [0.25, 0.3) is 0 Å². The molecule has 0 aliphatic carbocycles. The van der Waals surface area contributed by atoms with Gasteiger partial charge in [-0.3, -0.25) is 0 Å². The Hall–Kier alpha value is -2.66. The Morgan fingerprint density at radius 1 is 1.24 bits per heavy atom. The van der Waals surface area contributed by atoms with E-state index in [0.717, 1.165) is 21.2 Å². The second-order valence-electron chi connectivity index (χ2n) is 5.60. The van der Waals surface area contributed by atoms with E-state index in [2.05, 4.69) is 27.5 Å². The zero-order chi connectivity index (χ0) is 17.8. The fourth-order valence-electron chi connectivity index (χ4n) is 2.24. The quantitative estimate of drug-likeness (QED) is 0.415. The molecular formula is C20H16BrNO3. The third-order valence-electron chi connectivity index (χ3n) is 3.41. The van der Waals surface area contributed by atoms with Crippen LogP contribution < -0.4 is 4.74 Å². The summed E-state index contributed by atoms with van der Waals surface area (Å²) in [5.41, 5.74) is 2.63. The molecular weight excluding hydrogens is 382 g/mol. The van der Waals surface area contributed by atoms with Gasteiger partial charge in [-0.15, -0.1) is 0 Å². The first-order valence-corrected chi connectivity index (χ1v) is 8.47. The SMILES string of the molecule is C=C(C)COc1ccccc1/C=C1/N=C(c2ccccc2Br)OC1=O. The van der Waals surface area contributed by atoms with Crippen LogP contribution in [0.2, 0.25) is 0 Å². The van der Waals surface area contributed by atoms with E-state index in [1.165, 1.54) is 0 Å². The third-order valence-corrected chi connectivity index (χ3v) is 4.10. The number of hydrogen-bond acceptors (Lipinski definition) is 4. The van der Waals surface area contributed by atoms with Crippen LogP contribution in [0.3, 0.4) is 0 Å². The summed E-state index contributed by atoms with van der Waals surface area (Å²) in [7, 11) is 0. The highest BCUT2D eigenvalue weighted by Crippen LogP contribution is 2.26. The molecule has 3 rings (SSSR count). The highest BCUT2D eigenvalue weighted by molar-refractivity contribution is 9.10. The molecule has 0 saturated heterocycles. The molecule has 0 aromatic heterocycles. The van der Waals surface area contributed by atoms with E-state index in [0.29, 0.717) is 12.4 Å². The molecule has 1 aliphatic heterocycles. The molecule has 1 heterocycles. The van der Waals surface area contributed by atoms with Crippen molar-refractivity contribution in [2.75, 3.05) is 6.61 Å². The molecule has 0 atom stereocenters. The van der Waals surface area contributed by atoms with E-state index in [4.69, 9.17) is 9.47 Å². The Kier molecular flexibility index (Phi) is 5.14. The van der Waals surface area contributed by atoms with Crippen molar-refractivity contribution in [3.05, 3.63) is 82.0 Å². The van der Waals surface area contributed by atoms with Gasteiger partial charge in [-0.2, -0.15) is 0 Å². The number of esters is 1. The van der Waals surface area contributed by atoms with Crippen LogP contribution in [0.25, 0.3) is 6.08 Å². The summed E-state index contributed by atoms with van der Waals surface area (Å²) in [5, 5.41) is 0. The van der Waals surface area contributed by atoms with Crippen molar-refractivity contribution in [3.8, 4) is 5.75 Å². The lowest BCUT2D eigenvalue weighted by Gasteiger charge is -2.08. The first-order valence-electron chi connectivity index (χ1n) is 7.68. The number of benzene rings is 2. The van der Waals surface area contributed by atoms with Gasteiger partial charge in [-0.05, 0) is 52.7 Å². The minimum atomic E-state index is -0.486. The largest absolute Gasteiger partial charge is 0.489 e. The summed E-state index contributed by atoms with van der Waals surface area (Å²) in [6.45, 7) is 6.13. The highest BCUT2D eigenvalue weighted by Gasteiger charge is 2.25. The van der Waals surface area contributed by atoms with Crippen LogP contribution in [-0.2, 0) is 9.53 Å². The molecule has 25 heavy (non-hydrogen) atoms. The highest BCUT2D eigenvalue weighted by atomic mass is 79.9. The standard InChI is InChI=1S/C20H16BrNO3/c1-13(2)12-24-18-10-6-3-7-14(18)11-17-20(23)25-19(22-17)15-8-4-5-9-16(15)21/h3-11H,1,12H2,2H3/b17-11+. The molecule has 0 amide bonds. The fourth-order valence-corrected chi connectivity index (χ4v) is 2.69. The van der Waals surface area contributed by atoms with Crippen molar-refractivity contribution < 1.29 is 14.3 Å². The summed E-state index contributed by atoms with van der Waals surface area (Å²) in [5.74, 6) is 0.458. The number of ether oxygens (including phenoxy) is 2. The van der Waals surface area contributed by atoms with Crippen LogP contribution in [0.5, 0.6) is 5.75 Å². The molecule has 4 nitrogen and oxygen atoms in total. The molecule has 126 valence electrons. The molecule has 0 unspecified atom stereocenters. The van der Waals surface area contributed by atoms with Crippen molar-refractivity contribution in [2.45, 2.75) is 6.92 Å². The van der Waals surface area contributed by atoms with Crippen LogP contribution in [-0.4, -0.2) is 18.5 Å². The molecule has 1 aliphatic rings. The minimum Gasteiger partial charge on any atom is -0.489 e. The average Bonchev–Trinajstić information content (AvgIpc) is 2.95. The molecule has 0 saturated carbocycles. The lowest BCUT2D eigenvalue weighted by Crippen LogP contribution is -2.06. The van der Waals surface area contributed by atoms with Crippen LogP contribution in [0.4, 0.5) is 0 Å². The van der Waals surface area contributed by atoms with Crippen LogP contribution >= 0.6 is 15.9 Å². The number of aliphatic imine (C=N–C) groups is 1. The number of carbonyl (C=O) groups excluding carboxylic acids is 1. The van der Waals surface area contributed by atoms with Crippen molar-refractivity contribution in [2.24, 2.45) is 4.99 Å². The van der Waals surface area contributed by atoms with E-state index in [9.17, 15) is 4.79 Å². The zero-order valence-corrected chi connectivity index (χ0v) is 15.2. The first kappa shape index (κ1) is 17.2. The van der Waals surface area contributed by atoms with Gasteiger partial charge in [0.2, 0.25) is 5.90 Å². The monoisotopic (exact) mass is 397 g/mol. The minimum absolute atomic E-state index is 0.233. The van der Waals surface area contributed by atoms with Gasteiger partial charge in [0.1, 0.15) is 12.4 Å². The van der Waals surface area contributed by atoms with Gasteiger partial charge >= 0.3 is 5.97 Å². The maximum absolute atomic E-state index is 12.2. The molecule has 5 heteroatoms. The number of para-hydroxylation sites is 1. The second-order valence-corrected chi connectivity index (χ2v) is 6.45. The summed E-state index contributed by atoms with van der Waals surface area (Å²) >= 11 is 3.44. The number of nitrogens with zero attached hydrogens (tertiary/aromatic N) is 1. The van der Waals surface area contributed by atoms with Crippen LogP contribution in [0, 0.1) is 0 Å². The average molecular weight is 398 g/mol. The van der Waals surface area contributed by atoms with Crippen molar-refractivity contribution in [1.29, 1.82) is 0 Å². The number of rotatable bonds is 5. The second kappa shape index (κ2) is 7.49. The molecule has 2 aromatic rings.